The summed E-state index contributed by atoms with van der Waals surface area (Å²) in [5.74, 6) is 3.75. The molecule has 0 N–H and O–H groups in total. The molecule has 3 saturated carbocycles. The van der Waals surface area contributed by atoms with Crippen LogP contribution in [0.25, 0.3) is 0 Å². The zero-order valence-corrected chi connectivity index (χ0v) is 18.8. The highest BCUT2D eigenvalue weighted by molar-refractivity contribution is 7.19. The van der Waals surface area contributed by atoms with E-state index in [4.69, 9.17) is 0 Å². The second-order valence-electron chi connectivity index (χ2n) is 9.24. The second-order valence-corrected chi connectivity index (χ2v) is 10.3. The Kier molecular flexibility index (Phi) is 7.03. The Morgan fingerprint density at radius 1 is 1.16 bits per heavy atom. The van der Waals surface area contributed by atoms with E-state index in [-0.39, 0.29) is 5.16 Å². The topological polar surface area (TPSA) is 0 Å². The van der Waals surface area contributed by atoms with Gasteiger partial charge in [0.15, 0.2) is 0 Å². The van der Waals surface area contributed by atoms with E-state index < -0.39 is 0 Å². The fourth-order valence-corrected chi connectivity index (χ4v) is 7.43. The number of hydrogen-bond acceptors (Lipinski definition) is 0. The molecule has 25 heavy (non-hydrogen) atoms. The van der Waals surface area contributed by atoms with Gasteiger partial charge in [-0.25, -0.2) is 0 Å². The van der Waals surface area contributed by atoms with E-state index in [2.05, 4.69) is 43.2 Å². The van der Waals surface area contributed by atoms with Gasteiger partial charge in [-0.2, -0.15) is 0 Å². The van der Waals surface area contributed by atoms with Gasteiger partial charge in [-0.3, -0.25) is 0 Å². The van der Waals surface area contributed by atoms with Crippen molar-refractivity contribution in [3.05, 3.63) is 24.3 Å². The lowest BCUT2D eigenvalue weighted by Crippen LogP contribution is -2.51. The minimum atomic E-state index is 0.285. The van der Waals surface area contributed by atoms with E-state index in [1.54, 1.807) is 0 Å². The lowest BCUT2D eigenvalue weighted by Gasteiger charge is -2.57. The Labute approximate surface area is 160 Å². The number of rotatable bonds is 4. The standard InChI is InChI=1S/C22H37P.C2H6/c1-6-17-8-10-19-18-9-7-16(4)22(23,14-11-15(2)3)20(18)12-13-21(17,19)5;1-2/h17-20H,2,4,6-14,23H2,1,3,5H3;1-2H3. The molecule has 7 atom stereocenters. The molecule has 0 radical (unpaired) electrons. The average molecular weight is 363 g/mol. The predicted molar refractivity (Wildman–Crippen MR) is 117 cm³/mol. The van der Waals surface area contributed by atoms with Gasteiger partial charge in [0, 0.05) is 5.16 Å². The normalized spacial score (nSPS) is 42.9. The predicted octanol–water partition coefficient (Wildman–Crippen LogP) is 7.80. The van der Waals surface area contributed by atoms with Crippen molar-refractivity contribution in [3.8, 4) is 0 Å². The molecule has 0 saturated heterocycles. The van der Waals surface area contributed by atoms with Crippen molar-refractivity contribution in [1.82, 2.24) is 0 Å². The summed E-state index contributed by atoms with van der Waals surface area (Å²) >= 11 is 0. The first-order chi connectivity index (χ1) is 11.8. The number of hydrogen-bond donors (Lipinski definition) is 0. The van der Waals surface area contributed by atoms with E-state index in [0.29, 0.717) is 5.41 Å². The third kappa shape index (κ3) is 3.67. The van der Waals surface area contributed by atoms with E-state index in [9.17, 15) is 0 Å². The minimum Gasteiger partial charge on any atom is -0.126 e. The summed E-state index contributed by atoms with van der Waals surface area (Å²) in [6.45, 7) is 19.9. The molecule has 1 heteroatoms. The molecule has 0 aromatic rings. The minimum absolute atomic E-state index is 0.285. The molecule has 3 fully saturated rings. The first-order valence-corrected chi connectivity index (χ1v) is 11.5. The van der Waals surface area contributed by atoms with Crippen LogP contribution in [0.15, 0.2) is 24.3 Å². The van der Waals surface area contributed by atoms with Gasteiger partial charge >= 0.3 is 0 Å². The van der Waals surface area contributed by atoms with E-state index in [1.165, 1.54) is 62.5 Å². The maximum atomic E-state index is 4.52. The van der Waals surface area contributed by atoms with Gasteiger partial charge in [-0.05, 0) is 87.4 Å². The van der Waals surface area contributed by atoms with Crippen LogP contribution in [0.1, 0.15) is 92.4 Å². The second kappa shape index (κ2) is 8.29. The number of fused-ring (bicyclic) bond motifs is 3. The largest absolute Gasteiger partial charge is 0.126 e. The van der Waals surface area contributed by atoms with E-state index >= 15 is 0 Å². The molecule has 0 aliphatic heterocycles. The molecule has 0 heterocycles. The monoisotopic (exact) mass is 362 g/mol. The van der Waals surface area contributed by atoms with Crippen molar-refractivity contribution >= 4 is 9.24 Å². The van der Waals surface area contributed by atoms with Crippen LogP contribution in [0.4, 0.5) is 0 Å². The van der Waals surface area contributed by atoms with Crippen LogP contribution in [0.5, 0.6) is 0 Å². The van der Waals surface area contributed by atoms with Crippen molar-refractivity contribution in [2.75, 3.05) is 0 Å². The summed E-state index contributed by atoms with van der Waals surface area (Å²) in [5.41, 5.74) is 3.47. The Morgan fingerprint density at radius 2 is 1.84 bits per heavy atom. The van der Waals surface area contributed by atoms with Crippen molar-refractivity contribution in [2.45, 2.75) is 97.6 Å². The first-order valence-electron chi connectivity index (χ1n) is 10.9. The summed E-state index contributed by atoms with van der Waals surface area (Å²) < 4.78 is 0. The lowest BCUT2D eigenvalue weighted by atomic mass is 9.51. The van der Waals surface area contributed by atoms with Gasteiger partial charge in [0.1, 0.15) is 0 Å². The van der Waals surface area contributed by atoms with Crippen molar-refractivity contribution in [1.29, 1.82) is 0 Å². The molecule has 144 valence electrons. The summed E-state index contributed by atoms with van der Waals surface area (Å²) in [7, 11) is 3.30. The fourth-order valence-electron chi connectivity index (χ4n) is 6.73. The maximum Gasteiger partial charge on any atom is 0.00877 e. The summed E-state index contributed by atoms with van der Waals surface area (Å²) in [6.07, 6.45) is 12.3. The Balaban J connectivity index is 0.00000109. The van der Waals surface area contributed by atoms with Crippen LogP contribution in [0.3, 0.4) is 0 Å². The molecule has 0 bridgehead atoms. The van der Waals surface area contributed by atoms with Crippen LogP contribution in [-0.4, -0.2) is 5.16 Å². The van der Waals surface area contributed by atoms with Crippen LogP contribution in [0, 0.1) is 29.1 Å². The smallest absolute Gasteiger partial charge is 0.00877 e. The molecule has 3 aliphatic carbocycles. The zero-order valence-electron chi connectivity index (χ0n) is 17.7. The first kappa shape index (κ1) is 21.2. The summed E-state index contributed by atoms with van der Waals surface area (Å²) in [5, 5.41) is 0.285. The van der Waals surface area contributed by atoms with Gasteiger partial charge in [-0.15, -0.1) is 15.8 Å². The fraction of sp³-hybridized carbons (Fsp3) is 0.833. The number of allylic oxidation sites excluding steroid dienone is 2. The molecular formula is C24H43P. The van der Waals surface area contributed by atoms with Gasteiger partial charge in [0.2, 0.25) is 0 Å². The molecule has 0 aromatic carbocycles. The van der Waals surface area contributed by atoms with Gasteiger partial charge in [0.05, 0.1) is 0 Å². The molecule has 7 unspecified atom stereocenters. The zero-order chi connectivity index (χ0) is 18.8. The Hall–Kier alpha value is -0.0900. The third-order valence-electron chi connectivity index (χ3n) is 8.19. The third-order valence-corrected chi connectivity index (χ3v) is 9.32. The van der Waals surface area contributed by atoms with E-state index in [0.717, 1.165) is 30.1 Å². The molecule has 3 rings (SSSR count). The highest BCUT2D eigenvalue weighted by atomic mass is 31.0. The van der Waals surface area contributed by atoms with Crippen LogP contribution in [-0.2, 0) is 0 Å². The van der Waals surface area contributed by atoms with Crippen LogP contribution >= 0.6 is 9.24 Å². The molecule has 0 nitrogen and oxygen atoms in total. The summed E-state index contributed by atoms with van der Waals surface area (Å²) in [6, 6.07) is 0. The van der Waals surface area contributed by atoms with Gasteiger partial charge in [0.25, 0.3) is 0 Å². The van der Waals surface area contributed by atoms with Crippen molar-refractivity contribution < 1.29 is 0 Å². The van der Waals surface area contributed by atoms with E-state index in [1.807, 2.05) is 13.8 Å². The van der Waals surface area contributed by atoms with Crippen LogP contribution in [0.2, 0.25) is 0 Å². The Morgan fingerprint density at radius 3 is 2.44 bits per heavy atom. The highest BCUT2D eigenvalue weighted by Gasteiger charge is 2.57. The highest BCUT2D eigenvalue weighted by Crippen LogP contribution is 2.66. The maximum absolute atomic E-state index is 4.52. The Bertz CT molecular complexity index is 492. The quantitative estimate of drug-likeness (QED) is 0.353. The lowest BCUT2D eigenvalue weighted by molar-refractivity contribution is -0.0134. The van der Waals surface area contributed by atoms with Crippen molar-refractivity contribution in [3.63, 3.8) is 0 Å². The molecular weight excluding hydrogens is 319 g/mol. The average Bonchev–Trinajstić information content (AvgIpc) is 2.94. The molecule has 0 aromatic heterocycles. The van der Waals surface area contributed by atoms with Crippen molar-refractivity contribution in [2.24, 2.45) is 29.1 Å². The molecule has 3 aliphatic rings. The summed E-state index contributed by atoms with van der Waals surface area (Å²) in [4.78, 5) is 0. The molecule has 0 amide bonds. The van der Waals surface area contributed by atoms with Gasteiger partial charge in [-0.1, -0.05) is 51.8 Å². The van der Waals surface area contributed by atoms with Crippen LogP contribution < -0.4 is 0 Å². The van der Waals surface area contributed by atoms with Gasteiger partial charge < -0.3 is 0 Å². The molecule has 0 spiro atoms. The SMILES string of the molecule is C=C(C)CCC1(P)C(=C)CCC2C1CCC1(C)C(CC)CCC21.CC.